The van der Waals surface area contributed by atoms with Gasteiger partial charge in [0.25, 0.3) is 5.91 Å². The van der Waals surface area contributed by atoms with Crippen LogP contribution in [-0.4, -0.2) is 39.6 Å². The van der Waals surface area contributed by atoms with Crippen molar-refractivity contribution < 1.29 is 9.21 Å². The van der Waals surface area contributed by atoms with Crippen molar-refractivity contribution in [1.82, 2.24) is 25.2 Å². The Morgan fingerprint density at radius 2 is 2.00 bits per heavy atom. The molecule has 0 atom stereocenters. The van der Waals surface area contributed by atoms with Crippen LogP contribution in [0.3, 0.4) is 0 Å². The molecule has 0 bridgehead atoms. The molecule has 7 nitrogen and oxygen atoms in total. The third-order valence-electron chi connectivity index (χ3n) is 5.73. The van der Waals surface area contributed by atoms with E-state index in [1.165, 1.54) is 0 Å². The van der Waals surface area contributed by atoms with Crippen LogP contribution in [0.15, 0.2) is 34.9 Å². The van der Waals surface area contributed by atoms with Crippen molar-refractivity contribution in [2.24, 2.45) is 0 Å². The number of hydrogen-bond acceptors (Lipinski definition) is 5. The third kappa shape index (κ3) is 3.25. The van der Waals surface area contributed by atoms with Crippen LogP contribution in [-0.2, 0) is 0 Å². The van der Waals surface area contributed by atoms with Crippen molar-refractivity contribution in [1.29, 1.82) is 0 Å². The zero-order valence-corrected chi connectivity index (χ0v) is 17.5. The van der Waals surface area contributed by atoms with E-state index in [4.69, 9.17) is 9.52 Å². The van der Waals surface area contributed by atoms with Crippen LogP contribution in [0, 0.1) is 20.8 Å². The molecular weight excluding hydrogens is 378 g/mol. The lowest BCUT2D eigenvalue weighted by Crippen LogP contribution is -2.42. The number of hydrogen-bond donors (Lipinski definition) is 2. The first-order valence-electron chi connectivity index (χ1n) is 10.4. The molecule has 0 saturated carbocycles. The third-order valence-corrected chi connectivity index (χ3v) is 5.73. The van der Waals surface area contributed by atoms with Gasteiger partial charge < -0.3 is 15.1 Å². The summed E-state index contributed by atoms with van der Waals surface area (Å²) in [5.41, 5.74) is 5.78. The molecule has 1 aliphatic heterocycles. The zero-order chi connectivity index (χ0) is 20.8. The van der Waals surface area contributed by atoms with E-state index in [9.17, 15) is 4.79 Å². The molecule has 30 heavy (non-hydrogen) atoms. The molecule has 1 fully saturated rings. The van der Waals surface area contributed by atoms with E-state index in [2.05, 4.69) is 15.6 Å². The first-order chi connectivity index (χ1) is 14.5. The van der Waals surface area contributed by atoms with Crippen molar-refractivity contribution in [3.8, 4) is 11.3 Å². The molecule has 154 valence electrons. The van der Waals surface area contributed by atoms with Crippen LogP contribution >= 0.6 is 0 Å². The average molecular weight is 403 g/mol. The molecule has 1 aromatic carbocycles. The topological polar surface area (TPSA) is 84.5 Å². The monoisotopic (exact) mass is 403 g/mol. The number of piperidine rings is 1. The van der Waals surface area contributed by atoms with E-state index < -0.39 is 0 Å². The van der Waals surface area contributed by atoms with E-state index in [0.29, 0.717) is 11.1 Å². The number of aromatic nitrogens is 3. The molecule has 1 amide bonds. The van der Waals surface area contributed by atoms with Gasteiger partial charge in [-0.25, -0.2) is 9.50 Å². The fourth-order valence-corrected chi connectivity index (χ4v) is 4.25. The van der Waals surface area contributed by atoms with Crippen LogP contribution in [0.5, 0.6) is 0 Å². The lowest BCUT2D eigenvalue weighted by molar-refractivity contribution is 0.0930. The minimum atomic E-state index is -0.0855. The number of benzene rings is 1. The molecule has 5 rings (SSSR count). The second-order valence-electron chi connectivity index (χ2n) is 8.12. The van der Waals surface area contributed by atoms with Crippen molar-refractivity contribution in [2.75, 3.05) is 13.1 Å². The second kappa shape index (κ2) is 7.25. The van der Waals surface area contributed by atoms with Gasteiger partial charge in [-0.3, -0.25) is 4.79 Å². The number of nitrogens with one attached hydrogen (secondary N) is 2. The highest BCUT2D eigenvalue weighted by Gasteiger charge is 2.22. The number of carbonyl (C=O) groups is 1. The van der Waals surface area contributed by atoms with Gasteiger partial charge >= 0.3 is 0 Å². The summed E-state index contributed by atoms with van der Waals surface area (Å²) in [7, 11) is 0. The van der Waals surface area contributed by atoms with Crippen LogP contribution in [0.4, 0.5) is 0 Å². The molecule has 0 unspecified atom stereocenters. The minimum absolute atomic E-state index is 0.0855. The summed E-state index contributed by atoms with van der Waals surface area (Å²) in [5.74, 6) is 0.683. The summed E-state index contributed by atoms with van der Waals surface area (Å²) >= 11 is 0. The highest BCUT2D eigenvalue weighted by atomic mass is 16.3. The maximum absolute atomic E-state index is 13.0. The Morgan fingerprint density at radius 1 is 1.20 bits per heavy atom. The SMILES string of the molecule is Cc1cn2nc(-c3ccc(C(=O)NC4CCNCC4)c4oc(C)cc34)cc(C)c2n1. The molecule has 7 heteroatoms. The molecule has 0 spiro atoms. The summed E-state index contributed by atoms with van der Waals surface area (Å²) in [4.78, 5) is 17.5. The van der Waals surface area contributed by atoms with E-state index in [-0.39, 0.29) is 11.9 Å². The van der Waals surface area contributed by atoms with Gasteiger partial charge in [0.1, 0.15) is 11.3 Å². The van der Waals surface area contributed by atoms with E-state index >= 15 is 0 Å². The van der Waals surface area contributed by atoms with Gasteiger partial charge in [-0.1, -0.05) is 6.07 Å². The zero-order valence-electron chi connectivity index (χ0n) is 17.5. The maximum atomic E-state index is 13.0. The lowest BCUT2D eigenvalue weighted by Gasteiger charge is -2.23. The summed E-state index contributed by atoms with van der Waals surface area (Å²) in [6, 6.07) is 8.02. The molecule has 1 aliphatic rings. The predicted octanol–water partition coefficient (Wildman–Crippen LogP) is 3.55. The standard InChI is InChI=1S/C23H25N5O2/c1-13-10-20(27-28-12-14(2)25-22(13)28)17-4-5-18(21-19(17)11-15(3)30-21)23(29)26-16-6-8-24-9-7-16/h4-5,10-12,16,24H,6-9H2,1-3H3,(H,26,29). The van der Waals surface area contributed by atoms with Gasteiger partial charge in [-0.15, -0.1) is 0 Å². The summed E-state index contributed by atoms with van der Waals surface area (Å²) in [6.45, 7) is 7.76. The first-order valence-corrected chi connectivity index (χ1v) is 10.4. The van der Waals surface area contributed by atoms with Crippen molar-refractivity contribution in [3.63, 3.8) is 0 Å². The number of furan rings is 1. The Hall–Kier alpha value is -3.19. The van der Waals surface area contributed by atoms with Crippen LogP contribution in [0.25, 0.3) is 27.9 Å². The molecule has 0 aliphatic carbocycles. The van der Waals surface area contributed by atoms with E-state index in [0.717, 1.165) is 65.2 Å². The second-order valence-corrected chi connectivity index (χ2v) is 8.12. The Morgan fingerprint density at radius 3 is 2.80 bits per heavy atom. The Labute approximate surface area is 174 Å². The predicted molar refractivity (Wildman–Crippen MR) is 116 cm³/mol. The van der Waals surface area contributed by atoms with Gasteiger partial charge in [0.15, 0.2) is 5.65 Å². The van der Waals surface area contributed by atoms with Gasteiger partial charge in [0, 0.05) is 17.0 Å². The Kier molecular flexibility index (Phi) is 4.55. The number of carbonyl (C=O) groups excluding carboxylic acids is 1. The van der Waals surface area contributed by atoms with Crippen LogP contribution < -0.4 is 10.6 Å². The molecular formula is C23H25N5O2. The van der Waals surface area contributed by atoms with E-state index in [1.807, 2.05) is 55.7 Å². The number of amides is 1. The van der Waals surface area contributed by atoms with Gasteiger partial charge in [0.2, 0.25) is 0 Å². The fourth-order valence-electron chi connectivity index (χ4n) is 4.25. The first kappa shape index (κ1) is 18.8. The highest BCUT2D eigenvalue weighted by molar-refractivity contribution is 6.08. The largest absolute Gasteiger partial charge is 0.461 e. The van der Waals surface area contributed by atoms with Crippen LogP contribution in [0.2, 0.25) is 0 Å². The number of nitrogens with zero attached hydrogens (tertiary/aromatic N) is 3. The normalized spacial score (nSPS) is 15.2. The van der Waals surface area contributed by atoms with Gasteiger partial charge in [-0.05, 0) is 70.5 Å². The van der Waals surface area contributed by atoms with Crippen LogP contribution in [0.1, 0.15) is 40.2 Å². The lowest BCUT2D eigenvalue weighted by atomic mass is 10.0. The van der Waals surface area contributed by atoms with Crippen molar-refractivity contribution in [3.05, 3.63) is 53.0 Å². The number of fused-ring (bicyclic) bond motifs is 2. The number of aryl methyl sites for hydroxylation is 3. The van der Waals surface area contributed by atoms with E-state index in [1.54, 1.807) is 0 Å². The minimum Gasteiger partial charge on any atom is -0.461 e. The molecule has 2 N–H and O–H groups in total. The fraction of sp³-hybridized carbons (Fsp3) is 0.348. The van der Waals surface area contributed by atoms with Crippen molar-refractivity contribution >= 4 is 22.5 Å². The summed E-state index contributed by atoms with van der Waals surface area (Å²) in [6.07, 6.45) is 3.81. The summed E-state index contributed by atoms with van der Waals surface area (Å²) < 4.78 is 7.79. The van der Waals surface area contributed by atoms with Gasteiger partial charge in [0.05, 0.1) is 23.1 Å². The molecule has 3 aromatic heterocycles. The smallest absolute Gasteiger partial charge is 0.255 e. The number of rotatable bonds is 3. The maximum Gasteiger partial charge on any atom is 0.255 e. The quantitative estimate of drug-likeness (QED) is 0.547. The molecule has 4 heterocycles. The van der Waals surface area contributed by atoms with Gasteiger partial charge in [-0.2, -0.15) is 5.10 Å². The number of imidazole rings is 1. The van der Waals surface area contributed by atoms with Crippen molar-refractivity contribution in [2.45, 2.75) is 39.7 Å². The summed E-state index contributed by atoms with van der Waals surface area (Å²) in [5, 5.41) is 12.1. The average Bonchev–Trinajstić information content (AvgIpc) is 3.29. The highest BCUT2D eigenvalue weighted by Crippen LogP contribution is 2.33. The molecule has 4 aromatic rings. The molecule has 0 radical (unpaired) electrons. The Balaban J connectivity index is 1.58. The Bertz CT molecular complexity index is 1260. The molecule has 1 saturated heterocycles.